The summed E-state index contributed by atoms with van der Waals surface area (Å²) in [5.41, 5.74) is 1.69. The fourth-order valence-electron chi connectivity index (χ4n) is 0.846. The molecule has 0 aliphatic carbocycles. The van der Waals surface area contributed by atoms with Crippen LogP contribution in [0.1, 0.15) is 13.8 Å². The third-order valence-electron chi connectivity index (χ3n) is 1.73. The first-order valence-corrected chi connectivity index (χ1v) is 3.90. The van der Waals surface area contributed by atoms with Crippen LogP contribution in [0.4, 0.5) is 0 Å². The lowest BCUT2D eigenvalue weighted by Crippen LogP contribution is -2.18. The molecule has 0 saturated heterocycles. The zero-order chi connectivity index (χ0) is 9.72. The molecular weight excluding hydrogens is 152 g/mol. The predicted octanol–water partition coefficient (Wildman–Crippen LogP) is 0.412. The number of nitrogens with zero attached hydrogens (tertiary/aromatic N) is 1. The molecule has 12 heavy (non-hydrogen) atoms. The zero-order valence-corrected chi connectivity index (χ0v) is 8.43. The average molecular weight is 169 g/mol. The highest BCUT2D eigenvalue weighted by molar-refractivity contribution is 6.18. The Morgan fingerprint density at radius 1 is 1.33 bits per heavy atom. The van der Waals surface area contributed by atoms with Gasteiger partial charge in [0.15, 0.2) is 11.5 Å². The van der Waals surface area contributed by atoms with E-state index >= 15 is 0 Å². The van der Waals surface area contributed by atoms with Gasteiger partial charge in [0.05, 0.1) is 5.57 Å². The van der Waals surface area contributed by atoms with E-state index in [0.717, 1.165) is 11.3 Å². The van der Waals surface area contributed by atoms with Gasteiger partial charge in [-0.05, 0) is 6.92 Å². The van der Waals surface area contributed by atoms with E-state index in [2.05, 4.69) is 5.32 Å². The Morgan fingerprint density at radius 3 is 2.08 bits per heavy atom. The van der Waals surface area contributed by atoms with Gasteiger partial charge in [0, 0.05) is 20.2 Å². The third kappa shape index (κ3) is 2.86. The molecule has 0 aromatic heterocycles. The van der Waals surface area contributed by atoms with E-state index in [1.807, 2.05) is 25.6 Å². The molecule has 0 aliphatic rings. The van der Waals surface area contributed by atoms with E-state index in [4.69, 9.17) is 0 Å². The second kappa shape index (κ2) is 4.70. The number of Topliss-reactive ketones (excluding diaryl/α,β-unsaturated/α-hetero) is 1. The van der Waals surface area contributed by atoms with Gasteiger partial charge in [-0.1, -0.05) is 0 Å². The molecule has 0 unspecified atom stereocenters. The highest BCUT2D eigenvalue weighted by Crippen LogP contribution is 1.97. The average Bonchev–Trinajstić information content (AvgIpc) is 1.98. The molecule has 0 radical (unpaired) electrons. The molecule has 0 bridgehead atoms. The van der Waals surface area contributed by atoms with Crippen molar-refractivity contribution in [2.75, 3.05) is 21.1 Å². The van der Waals surface area contributed by atoms with E-state index in [-0.39, 0.29) is 5.78 Å². The molecule has 0 rings (SSSR count). The molecule has 1 N–H and O–H groups in total. The van der Waals surface area contributed by atoms with E-state index in [9.17, 15) is 4.79 Å². The number of nitrogens with one attached hydrogen (secondary N) is 1. The lowest BCUT2D eigenvalue weighted by atomic mass is 10.1. The highest BCUT2D eigenvalue weighted by atomic mass is 16.1. The molecule has 0 heterocycles. The topological polar surface area (TPSA) is 32.1 Å². The van der Waals surface area contributed by atoms with E-state index in [1.165, 1.54) is 0 Å². The molecule has 0 aromatic rings. The van der Waals surface area contributed by atoms with Gasteiger partial charge < -0.3 is 5.32 Å². The summed E-state index contributed by atoms with van der Waals surface area (Å²) in [5.74, 6) is 0.0792. The Bertz CT molecular complexity index is 235. The van der Waals surface area contributed by atoms with Crippen molar-refractivity contribution in [1.29, 1.82) is 0 Å². The quantitative estimate of drug-likeness (QED) is 0.377. The van der Waals surface area contributed by atoms with Crippen LogP contribution in [0.15, 0.2) is 11.8 Å². The Balaban J connectivity index is 4.90. The summed E-state index contributed by atoms with van der Waals surface area (Å²) in [7, 11) is 5.62. The molecule has 0 aromatic carbocycles. The van der Waals surface area contributed by atoms with Crippen LogP contribution in [0.2, 0.25) is 0 Å². The summed E-state index contributed by atoms with van der Waals surface area (Å²) < 4.78 is 1.92. The van der Waals surface area contributed by atoms with Crippen molar-refractivity contribution in [2.24, 2.45) is 0 Å². The number of carbonyl (C=O) groups excluding carboxylic acids is 1. The monoisotopic (exact) mass is 169 g/mol. The van der Waals surface area contributed by atoms with Crippen molar-refractivity contribution in [3.05, 3.63) is 11.8 Å². The second-order valence-corrected chi connectivity index (χ2v) is 2.88. The molecule has 68 valence electrons. The number of hydrogen-bond donors (Lipinski definition) is 1. The Hall–Kier alpha value is -1.12. The van der Waals surface area contributed by atoms with Crippen molar-refractivity contribution in [3.63, 3.8) is 0 Å². The van der Waals surface area contributed by atoms with Crippen LogP contribution in [0, 0.1) is 0 Å². The minimum Gasteiger partial charge on any atom is -0.393 e. The third-order valence-corrected chi connectivity index (χ3v) is 1.73. The fourth-order valence-corrected chi connectivity index (χ4v) is 0.846. The minimum atomic E-state index is 0.0792. The number of ketones is 1. The summed E-state index contributed by atoms with van der Waals surface area (Å²) >= 11 is 0. The van der Waals surface area contributed by atoms with Crippen LogP contribution < -0.4 is 5.32 Å². The summed E-state index contributed by atoms with van der Waals surface area (Å²) in [4.78, 5) is 11.1. The summed E-state index contributed by atoms with van der Waals surface area (Å²) in [6.45, 7) is 3.49. The van der Waals surface area contributed by atoms with Gasteiger partial charge in [-0.2, -0.15) is 0 Å². The lowest BCUT2D eigenvalue weighted by molar-refractivity contribution is -0.464. The van der Waals surface area contributed by atoms with Gasteiger partial charge in [0.2, 0.25) is 0 Å². The van der Waals surface area contributed by atoms with E-state index in [0.29, 0.717) is 0 Å². The number of rotatable bonds is 3. The van der Waals surface area contributed by atoms with Gasteiger partial charge in [-0.25, -0.2) is 4.58 Å². The largest absolute Gasteiger partial charge is 0.393 e. The maximum atomic E-state index is 11.1. The van der Waals surface area contributed by atoms with Crippen LogP contribution in [0.3, 0.4) is 0 Å². The highest BCUT2D eigenvalue weighted by Gasteiger charge is 2.12. The molecule has 0 saturated carbocycles. The maximum absolute atomic E-state index is 11.1. The molecule has 0 spiro atoms. The van der Waals surface area contributed by atoms with Gasteiger partial charge in [-0.3, -0.25) is 4.79 Å². The molecule has 0 fully saturated rings. The van der Waals surface area contributed by atoms with Crippen molar-refractivity contribution in [2.45, 2.75) is 13.8 Å². The SMILES string of the molecule is CN/C=C(\C(C)=O)C(C)=[N+](C)C. The zero-order valence-electron chi connectivity index (χ0n) is 8.43. The van der Waals surface area contributed by atoms with Gasteiger partial charge >= 0.3 is 0 Å². The first-order chi connectivity index (χ1) is 5.50. The number of hydrogen-bond acceptors (Lipinski definition) is 2. The summed E-state index contributed by atoms with van der Waals surface area (Å²) in [5, 5.41) is 2.85. The normalized spacial score (nSPS) is 10.9. The van der Waals surface area contributed by atoms with Gasteiger partial charge in [-0.15, -0.1) is 0 Å². The molecule has 0 amide bonds. The number of allylic oxidation sites excluding steroid dienone is 1. The molecule has 3 heteroatoms. The Kier molecular flexibility index (Phi) is 4.26. The molecule has 3 nitrogen and oxygen atoms in total. The second-order valence-electron chi connectivity index (χ2n) is 2.88. The number of carbonyl (C=O) groups is 1. The smallest absolute Gasteiger partial charge is 0.184 e. The maximum Gasteiger partial charge on any atom is 0.184 e. The molecular formula is C9H17N2O+. The van der Waals surface area contributed by atoms with Crippen LogP contribution in [0.25, 0.3) is 0 Å². The summed E-state index contributed by atoms with van der Waals surface area (Å²) in [6.07, 6.45) is 1.72. The summed E-state index contributed by atoms with van der Waals surface area (Å²) in [6, 6.07) is 0. The van der Waals surface area contributed by atoms with Gasteiger partial charge in [0.25, 0.3) is 0 Å². The van der Waals surface area contributed by atoms with Crippen LogP contribution in [-0.2, 0) is 4.79 Å². The Labute approximate surface area is 73.8 Å². The molecule has 0 aliphatic heterocycles. The molecule has 0 atom stereocenters. The van der Waals surface area contributed by atoms with Crippen molar-refractivity contribution >= 4 is 11.5 Å². The fraction of sp³-hybridized carbons (Fsp3) is 0.556. The van der Waals surface area contributed by atoms with Crippen LogP contribution in [0.5, 0.6) is 0 Å². The van der Waals surface area contributed by atoms with E-state index in [1.54, 1.807) is 20.2 Å². The van der Waals surface area contributed by atoms with Crippen molar-refractivity contribution in [3.8, 4) is 0 Å². The standard InChI is InChI=1S/C9H16N2O/c1-7(11(4)5)9(6-10-3)8(2)12/h6H,1-5H3/p+1. The minimum absolute atomic E-state index is 0.0792. The van der Waals surface area contributed by atoms with Crippen LogP contribution >= 0.6 is 0 Å². The van der Waals surface area contributed by atoms with Crippen LogP contribution in [-0.4, -0.2) is 37.2 Å². The van der Waals surface area contributed by atoms with Crippen molar-refractivity contribution in [1.82, 2.24) is 5.32 Å². The van der Waals surface area contributed by atoms with E-state index < -0.39 is 0 Å². The first-order valence-electron chi connectivity index (χ1n) is 3.90. The van der Waals surface area contributed by atoms with Crippen molar-refractivity contribution < 1.29 is 9.37 Å². The lowest BCUT2D eigenvalue weighted by Gasteiger charge is -2.00. The van der Waals surface area contributed by atoms with Gasteiger partial charge in [0.1, 0.15) is 14.1 Å². The Morgan fingerprint density at radius 2 is 1.83 bits per heavy atom. The first kappa shape index (κ1) is 10.9. The predicted molar refractivity (Wildman–Crippen MR) is 50.6 cm³/mol.